The predicted molar refractivity (Wildman–Crippen MR) is 129 cm³/mol. The Hall–Kier alpha value is -3.65. The van der Waals surface area contributed by atoms with E-state index in [9.17, 15) is 14.4 Å². The van der Waals surface area contributed by atoms with Crippen LogP contribution in [0.25, 0.3) is 0 Å². The van der Waals surface area contributed by atoms with Crippen molar-refractivity contribution in [1.29, 1.82) is 0 Å². The number of nitrogens with zero attached hydrogens (tertiary/aromatic N) is 3. The van der Waals surface area contributed by atoms with Gasteiger partial charge in [0.2, 0.25) is 0 Å². The Kier molecular flexibility index (Phi) is 7.50. The molecule has 0 aliphatic carbocycles. The summed E-state index contributed by atoms with van der Waals surface area (Å²) in [5, 5.41) is 0. The molecule has 0 saturated carbocycles. The van der Waals surface area contributed by atoms with Crippen molar-refractivity contribution in [3.8, 4) is 5.75 Å². The number of nitrogens with two attached hydrogens (primary N) is 1. The van der Waals surface area contributed by atoms with E-state index in [4.69, 9.17) is 10.5 Å². The van der Waals surface area contributed by atoms with Gasteiger partial charge in [-0.15, -0.1) is 0 Å². The average molecular weight is 451 g/mol. The number of likely N-dealkylation sites (N-methyl/N-ethyl adjacent to an activating group) is 1. The molecular weight excluding hydrogens is 420 g/mol. The van der Waals surface area contributed by atoms with Gasteiger partial charge in [-0.05, 0) is 32.5 Å². The normalized spacial score (nSPS) is 12.0. The fourth-order valence-electron chi connectivity index (χ4n) is 3.87. The number of para-hydroxylation sites is 1. The van der Waals surface area contributed by atoms with Gasteiger partial charge in [0.1, 0.15) is 17.1 Å². The fourth-order valence-corrected chi connectivity index (χ4v) is 3.87. The number of hydrogen-bond donors (Lipinski definition) is 1. The van der Waals surface area contributed by atoms with Crippen molar-refractivity contribution >= 4 is 11.6 Å². The molecule has 1 aromatic heterocycles. The second-order valence-corrected chi connectivity index (χ2v) is 7.92. The first-order valence-corrected chi connectivity index (χ1v) is 10.8. The predicted octanol–water partition coefficient (Wildman–Crippen LogP) is 2.54. The molecule has 0 aliphatic rings. The molecule has 1 atom stereocenters. The Morgan fingerprint density at radius 1 is 1.06 bits per heavy atom. The van der Waals surface area contributed by atoms with E-state index in [1.807, 2.05) is 66.4 Å². The quantitative estimate of drug-likeness (QED) is 0.503. The van der Waals surface area contributed by atoms with Crippen LogP contribution in [-0.4, -0.2) is 40.5 Å². The van der Waals surface area contributed by atoms with Crippen LogP contribution >= 0.6 is 0 Å². The highest BCUT2D eigenvalue weighted by Gasteiger charge is 2.25. The number of carbonyl (C=O) groups is 1. The van der Waals surface area contributed by atoms with E-state index in [-0.39, 0.29) is 37.1 Å². The van der Waals surface area contributed by atoms with E-state index in [2.05, 4.69) is 0 Å². The summed E-state index contributed by atoms with van der Waals surface area (Å²) in [6.45, 7) is 3.90. The van der Waals surface area contributed by atoms with Gasteiger partial charge >= 0.3 is 5.69 Å². The Morgan fingerprint density at radius 2 is 1.70 bits per heavy atom. The first-order chi connectivity index (χ1) is 15.8. The topological polar surface area (TPSA) is 99.6 Å². The number of nitrogen functional groups attached to an aromatic ring is 1. The van der Waals surface area contributed by atoms with Gasteiger partial charge in [0, 0.05) is 18.2 Å². The summed E-state index contributed by atoms with van der Waals surface area (Å²) < 4.78 is 7.78. The van der Waals surface area contributed by atoms with Gasteiger partial charge in [-0.1, -0.05) is 48.5 Å². The molecule has 1 unspecified atom stereocenters. The molecular formula is C25H30N4O4. The standard InChI is InChI=1S/C25H30N4O4/c1-5-28-24(31)22(23(26)29(25(28)32)15-18-11-7-6-8-12-18)20(30)16-27(3)17(2)19-13-9-10-14-21(19)33-4/h6-14,17H,5,15-16,26H2,1-4H3. The van der Waals surface area contributed by atoms with E-state index < -0.39 is 17.0 Å². The lowest BCUT2D eigenvalue weighted by atomic mass is 10.0. The maximum absolute atomic E-state index is 13.3. The van der Waals surface area contributed by atoms with Gasteiger partial charge in [-0.3, -0.25) is 23.6 Å². The van der Waals surface area contributed by atoms with Crippen molar-refractivity contribution in [2.45, 2.75) is 33.0 Å². The van der Waals surface area contributed by atoms with Crippen LogP contribution < -0.4 is 21.7 Å². The smallest absolute Gasteiger partial charge is 0.332 e. The minimum Gasteiger partial charge on any atom is -0.496 e. The number of rotatable bonds is 9. The molecule has 33 heavy (non-hydrogen) atoms. The van der Waals surface area contributed by atoms with Crippen LogP contribution in [0.15, 0.2) is 64.2 Å². The zero-order valence-electron chi connectivity index (χ0n) is 19.4. The average Bonchev–Trinajstić information content (AvgIpc) is 2.82. The van der Waals surface area contributed by atoms with Crippen molar-refractivity contribution in [1.82, 2.24) is 14.0 Å². The molecule has 0 spiro atoms. The number of methoxy groups -OCH3 is 1. The van der Waals surface area contributed by atoms with Gasteiger partial charge in [0.15, 0.2) is 5.78 Å². The van der Waals surface area contributed by atoms with Crippen LogP contribution in [0.4, 0.5) is 5.82 Å². The number of ketones is 1. The number of Topliss-reactive ketones (excluding diaryl/α,β-unsaturated/α-hetero) is 1. The molecule has 8 heteroatoms. The lowest BCUT2D eigenvalue weighted by molar-refractivity contribution is 0.0921. The molecule has 0 aliphatic heterocycles. The van der Waals surface area contributed by atoms with E-state index in [0.717, 1.165) is 15.7 Å². The second-order valence-electron chi connectivity index (χ2n) is 7.92. The van der Waals surface area contributed by atoms with Crippen molar-refractivity contribution in [2.75, 3.05) is 26.4 Å². The molecule has 0 bridgehead atoms. The molecule has 0 amide bonds. The maximum atomic E-state index is 13.3. The van der Waals surface area contributed by atoms with Crippen molar-refractivity contribution < 1.29 is 9.53 Å². The summed E-state index contributed by atoms with van der Waals surface area (Å²) in [4.78, 5) is 41.0. The van der Waals surface area contributed by atoms with Crippen molar-refractivity contribution in [3.63, 3.8) is 0 Å². The van der Waals surface area contributed by atoms with Gasteiger partial charge in [-0.2, -0.15) is 0 Å². The van der Waals surface area contributed by atoms with Gasteiger partial charge < -0.3 is 10.5 Å². The fraction of sp³-hybridized carbons (Fsp3) is 0.320. The number of benzene rings is 2. The minimum atomic E-state index is -0.660. The Bertz CT molecular complexity index is 1250. The summed E-state index contributed by atoms with van der Waals surface area (Å²) in [7, 11) is 3.39. The maximum Gasteiger partial charge on any atom is 0.332 e. The molecule has 3 aromatic rings. The Morgan fingerprint density at radius 3 is 2.33 bits per heavy atom. The third kappa shape index (κ3) is 4.90. The van der Waals surface area contributed by atoms with Gasteiger partial charge in [0.25, 0.3) is 5.56 Å². The van der Waals surface area contributed by atoms with E-state index in [1.54, 1.807) is 21.1 Å². The highest BCUT2D eigenvalue weighted by atomic mass is 16.5. The number of carbonyl (C=O) groups excluding carboxylic acids is 1. The molecule has 174 valence electrons. The lowest BCUT2D eigenvalue weighted by Crippen LogP contribution is -2.45. The van der Waals surface area contributed by atoms with Gasteiger partial charge in [0.05, 0.1) is 20.2 Å². The molecule has 0 radical (unpaired) electrons. The number of anilines is 1. The number of ether oxygens (including phenoxy) is 1. The van der Waals surface area contributed by atoms with Crippen LogP contribution in [-0.2, 0) is 13.1 Å². The van der Waals surface area contributed by atoms with Crippen LogP contribution in [0.3, 0.4) is 0 Å². The van der Waals surface area contributed by atoms with Crippen molar-refractivity contribution in [3.05, 3.63) is 92.1 Å². The van der Waals surface area contributed by atoms with Gasteiger partial charge in [-0.25, -0.2) is 4.79 Å². The van der Waals surface area contributed by atoms with E-state index >= 15 is 0 Å². The summed E-state index contributed by atoms with van der Waals surface area (Å²) in [6.07, 6.45) is 0. The summed E-state index contributed by atoms with van der Waals surface area (Å²) in [6, 6.07) is 16.7. The number of aromatic nitrogens is 2. The summed E-state index contributed by atoms with van der Waals surface area (Å²) >= 11 is 0. The largest absolute Gasteiger partial charge is 0.496 e. The first kappa shape index (κ1) is 24.0. The summed E-state index contributed by atoms with van der Waals surface area (Å²) in [5.41, 5.74) is 6.66. The van der Waals surface area contributed by atoms with Crippen LogP contribution in [0.2, 0.25) is 0 Å². The molecule has 2 N–H and O–H groups in total. The monoisotopic (exact) mass is 450 g/mol. The molecule has 0 saturated heterocycles. The molecule has 1 heterocycles. The summed E-state index contributed by atoms with van der Waals surface area (Å²) in [5.74, 6) is 0.168. The molecule has 3 rings (SSSR count). The van der Waals surface area contributed by atoms with Crippen molar-refractivity contribution in [2.24, 2.45) is 0 Å². The molecule has 8 nitrogen and oxygen atoms in total. The SMILES string of the molecule is CCn1c(=O)c(C(=O)CN(C)C(C)c2ccccc2OC)c(N)n(Cc2ccccc2)c1=O. The second kappa shape index (κ2) is 10.3. The Labute approximate surface area is 192 Å². The third-order valence-corrected chi connectivity index (χ3v) is 5.89. The lowest BCUT2D eigenvalue weighted by Gasteiger charge is -2.26. The van der Waals surface area contributed by atoms with Crippen LogP contribution in [0.1, 0.15) is 41.4 Å². The third-order valence-electron chi connectivity index (χ3n) is 5.89. The zero-order chi connectivity index (χ0) is 24.1. The Balaban J connectivity index is 1.97. The minimum absolute atomic E-state index is 0.0497. The molecule has 0 fully saturated rings. The van der Waals surface area contributed by atoms with Crippen LogP contribution in [0, 0.1) is 0 Å². The van der Waals surface area contributed by atoms with E-state index in [0.29, 0.717) is 5.75 Å². The molecule has 2 aromatic carbocycles. The van der Waals surface area contributed by atoms with Crippen LogP contribution in [0.5, 0.6) is 5.75 Å². The number of hydrogen-bond acceptors (Lipinski definition) is 6. The first-order valence-electron chi connectivity index (χ1n) is 10.8. The highest BCUT2D eigenvalue weighted by molar-refractivity contribution is 6.01. The van der Waals surface area contributed by atoms with E-state index in [1.165, 1.54) is 4.57 Å². The highest BCUT2D eigenvalue weighted by Crippen LogP contribution is 2.28. The zero-order valence-corrected chi connectivity index (χ0v) is 19.4.